The van der Waals surface area contributed by atoms with Crippen LogP contribution >= 0.6 is 0 Å². The summed E-state index contributed by atoms with van der Waals surface area (Å²) in [4.78, 5) is 23.2. The summed E-state index contributed by atoms with van der Waals surface area (Å²) in [6.45, 7) is 5.10. The van der Waals surface area contributed by atoms with E-state index in [9.17, 15) is 9.59 Å². The molecule has 0 saturated heterocycles. The number of hydrogen-bond acceptors (Lipinski definition) is 4. The van der Waals surface area contributed by atoms with Crippen molar-refractivity contribution in [2.24, 2.45) is 18.4 Å². The molecule has 0 aromatic carbocycles. The number of carboxylic acids is 1. The molecule has 0 radical (unpaired) electrons. The number of nitrogens with zero attached hydrogens (tertiary/aromatic N) is 2. The van der Waals surface area contributed by atoms with Gasteiger partial charge in [0.15, 0.2) is 5.82 Å². The molecule has 0 spiro atoms. The molecule has 19 heavy (non-hydrogen) atoms. The Morgan fingerprint density at radius 3 is 2.42 bits per heavy atom. The molecule has 1 aromatic heterocycles. The maximum absolute atomic E-state index is 12.0. The van der Waals surface area contributed by atoms with Crippen molar-refractivity contribution in [3.63, 3.8) is 0 Å². The van der Waals surface area contributed by atoms with Gasteiger partial charge in [0.2, 0.25) is 11.8 Å². The van der Waals surface area contributed by atoms with Crippen LogP contribution in [0.25, 0.3) is 0 Å². The third-order valence-electron chi connectivity index (χ3n) is 2.67. The van der Waals surface area contributed by atoms with Gasteiger partial charge in [-0.25, -0.2) is 4.68 Å². The first-order valence-electron chi connectivity index (χ1n) is 5.78. The molecule has 1 unspecified atom stereocenters. The molecule has 1 heterocycles. The highest BCUT2D eigenvalue weighted by Gasteiger charge is 2.38. The van der Waals surface area contributed by atoms with Gasteiger partial charge in [-0.3, -0.25) is 9.59 Å². The molecular weight excluding hydrogens is 250 g/mol. The van der Waals surface area contributed by atoms with E-state index in [1.165, 1.54) is 17.9 Å². The number of aromatic nitrogens is 2. The first-order valence-corrected chi connectivity index (χ1v) is 5.78. The van der Waals surface area contributed by atoms with E-state index >= 15 is 0 Å². The molecule has 1 amide bonds. The number of hydrogen-bond donors (Lipinski definition) is 2. The Morgan fingerprint density at radius 1 is 1.47 bits per heavy atom. The van der Waals surface area contributed by atoms with Gasteiger partial charge in [0.25, 0.3) is 0 Å². The van der Waals surface area contributed by atoms with Crippen LogP contribution in [0.2, 0.25) is 0 Å². The summed E-state index contributed by atoms with van der Waals surface area (Å²) in [5.41, 5.74) is -0.686. The molecule has 0 aliphatic heterocycles. The second-order valence-corrected chi connectivity index (χ2v) is 5.32. The van der Waals surface area contributed by atoms with E-state index in [1.54, 1.807) is 27.8 Å². The summed E-state index contributed by atoms with van der Waals surface area (Å²) in [7, 11) is 3.14. The van der Waals surface area contributed by atoms with Crippen molar-refractivity contribution in [3.05, 3.63) is 6.07 Å². The minimum Gasteiger partial charge on any atom is -0.481 e. The highest BCUT2D eigenvalue weighted by atomic mass is 16.5. The average Bonchev–Trinajstić information content (AvgIpc) is 2.55. The van der Waals surface area contributed by atoms with E-state index < -0.39 is 23.2 Å². The zero-order valence-electron chi connectivity index (χ0n) is 11.7. The number of carbonyl (C=O) groups is 2. The lowest BCUT2D eigenvalue weighted by Crippen LogP contribution is -2.39. The number of carboxylic acid groups (broad SMARTS) is 1. The van der Waals surface area contributed by atoms with Crippen LogP contribution in [0.4, 0.5) is 5.82 Å². The quantitative estimate of drug-likeness (QED) is 0.799. The number of aliphatic carboxylic acids is 1. The lowest BCUT2D eigenvalue weighted by atomic mass is 9.80. The van der Waals surface area contributed by atoms with Crippen molar-refractivity contribution in [2.75, 3.05) is 12.4 Å². The van der Waals surface area contributed by atoms with E-state index in [2.05, 4.69) is 10.4 Å². The maximum Gasteiger partial charge on any atom is 0.316 e. The molecule has 0 fully saturated rings. The molecule has 0 bridgehead atoms. The summed E-state index contributed by atoms with van der Waals surface area (Å²) in [6, 6.07) is 1.53. The van der Waals surface area contributed by atoms with Crippen LogP contribution in [0.3, 0.4) is 0 Å². The highest BCUT2D eigenvalue weighted by molar-refractivity contribution is 6.04. The maximum atomic E-state index is 12.0. The van der Waals surface area contributed by atoms with Crippen LogP contribution in [-0.4, -0.2) is 33.9 Å². The van der Waals surface area contributed by atoms with E-state index in [0.717, 1.165) is 0 Å². The SMILES string of the molecule is COc1cc(NC(=O)C(C(=O)O)C(C)(C)C)nn1C. The molecule has 7 heteroatoms. The minimum absolute atomic E-state index is 0.264. The summed E-state index contributed by atoms with van der Waals surface area (Å²) in [6.07, 6.45) is 0. The van der Waals surface area contributed by atoms with Gasteiger partial charge in [0, 0.05) is 13.1 Å². The molecule has 0 aliphatic carbocycles. The van der Waals surface area contributed by atoms with Crippen molar-refractivity contribution in [1.82, 2.24) is 9.78 Å². The molecule has 0 aliphatic rings. The Hall–Kier alpha value is -2.05. The number of nitrogens with one attached hydrogen (secondary N) is 1. The Bertz CT molecular complexity index is 488. The van der Waals surface area contributed by atoms with Crippen LogP contribution in [0.5, 0.6) is 5.88 Å². The number of rotatable bonds is 4. The van der Waals surface area contributed by atoms with Crippen molar-refractivity contribution < 1.29 is 19.4 Å². The van der Waals surface area contributed by atoms with E-state index in [-0.39, 0.29) is 5.82 Å². The van der Waals surface area contributed by atoms with E-state index in [0.29, 0.717) is 5.88 Å². The number of carbonyl (C=O) groups excluding carboxylic acids is 1. The first-order chi connectivity index (χ1) is 8.66. The lowest BCUT2D eigenvalue weighted by Gasteiger charge is -2.25. The largest absolute Gasteiger partial charge is 0.481 e. The fraction of sp³-hybridized carbons (Fsp3) is 0.583. The van der Waals surface area contributed by atoms with Crippen molar-refractivity contribution in [3.8, 4) is 5.88 Å². The van der Waals surface area contributed by atoms with Gasteiger partial charge in [0.1, 0.15) is 5.92 Å². The van der Waals surface area contributed by atoms with E-state index in [1.807, 2.05) is 0 Å². The van der Waals surface area contributed by atoms with Crippen LogP contribution in [0, 0.1) is 11.3 Å². The summed E-state index contributed by atoms with van der Waals surface area (Å²) >= 11 is 0. The molecule has 0 saturated carbocycles. The van der Waals surface area contributed by atoms with E-state index in [4.69, 9.17) is 9.84 Å². The van der Waals surface area contributed by atoms with Crippen LogP contribution in [-0.2, 0) is 16.6 Å². The van der Waals surface area contributed by atoms with Gasteiger partial charge in [-0.15, -0.1) is 0 Å². The van der Waals surface area contributed by atoms with Crippen molar-refractivity contribution >= 4 is 17.7 Å². The Morgan fingerprint density at radius 2 is 2.05 bits per heavy atom. The first kappa shape index (κ1) is 15.0. The van der Waals surface area contributed by atoms with Gasteiger partial charge in [-0.1, -0.05) is 20.8 Å². The molecule has 1 aromatic rings. The smallest absolute Gasteiger partial charge is 0.316 e. The molecule has 1 rings (SSSR count). The van der Waals surface area contributed by atoms with Crippen LogP contribution < -0.4 is 10.1 Å². The number of anilines is 1. The zero-order chi connectivity index (χ0) is 14.8. The molecule has 7 nitrogen and oxygen atoms in total. The highest BCUT2D eigenvalue weighted by Crippen LogP contribution is 2.27. The normalized spacial score (nSPS) is 12.9. The molecule has 2 N–H and O–H groups in total. The molecular formula is C12H19N3O4. The van der Waals surface area contributed by atoms with Gasteiger partial charge in [0.05, 0.1) is 7.11 Å². The second-order valence-electron chi connectivity index (χ2n) is 5.32. The number of amides is 1. The summed E-state index contributed by atoms with van der Waals surface area (Å²) in [5, 5.41) is 15.7. The predicted molar refractivity (Wildman–Crippen MR) is 69.0 cm³/mol. The predicted octanol–water partition coefficient (Wildman–Crippen LogP) is 1.11. The fourth-order valence-electron chi connectivity index (χ4n) is 1.78. The van der Waals surface area contributed by atoms with Crippen molar-refractivity contribution in [1.29, 1.82) is 0 Å². The second kappa shape index (κ2) is 5.29. The number of aryl methyl sites for hydroxylation is 1. The average molecular weight is 269 g/mol. The number of ether oxygens (including phenoxy) is 1. The van der Waals surface area contributed by atoms with Gasteiger partial charge in [-0.2, -0.15) is 5.10 Å². The topological polar surface area (TPSA) is 93.4 Å². The Balaban J connectivity index is 2.91. The van der Waals surface area contributed by atoms with Gasteiger partial charge >= 0.3 is 5.97 Å². The van der Waals surface area contributed by atoms with Crippen molar-refractivity contribution in [2.45, 2.75) is 20.8 Å². The standard InChI is InChI=1S/C12H19N3O4/c1-12(2,3)9(11(17)18)10(16)13-7-6-8(19-5)15(4)14-7/h6,9H,1-5H3,(H,17,18)(H,13,14,16). The van der Waals surface area contributed by atoms with Gasteiger partial charge < -0.3 is 15.2 Å². The van der Waals surface area contributed by atoms with Crippen LogP contribution in [0.15, 0.2) is 6.07 Å². The third-order valence-corrected chi connectivity index (χ3v) is 2.67. The Labute approximate surface area is 111 Å². The Kier molecular flexibility index (Phi) is 4.18. The van der Waals surface area contributed by atoms with Crippen LogP contribution in [0.1, 0.15) is 20.8 Å². The monoisotopic (exact) mass is 269 g/mol. The van der Waals surface area contributed by atoms with Gasteiger partial charge in [-0.05, 0) is 5.41 Å². The molecule has 1 atom stereocenters. The third kappa shape index (κ3) is 3.46. The summed E-state index contributed by atoms with van der Waals surface area (Å²) < 4.78 is 6.46. The summed E-state index contributed by atoms with van der Waals surface area (Å²) in [5.74, 6) is -2.17. The molecule has 106 valence electrons. The minimum atomic E-state index is -1.16. The zero-order valence-corrected chi connectivity index (χ0v) is 11.7. The number of methoxy groups -OCH3 is 1. The lowest BCUT2D eigenvalue weighted by molar-refractivity contribution is -0.149. The fourth-order valence-corrected chi connectivity index (χ4v) is 1.78.